The standard InChI is InChI=1S/C16H16O4/c1-19-13-7-3-11(4-8-13)15(16(17)18)12-5-9-14(20-2)10-6-12/h3-10,15H,1-2H3,(H,17,18). The highest BCUT2D eigenvalue weighted by atomic mass is 16.5. The molecule has 0 saturated heterocycles. The Morgan fingerprint density at radius 1 is 0.850 bits per heavy atom. The molecule has 2 aromatic carbocycles. The van der Waals surface area contributed by atoms with Crippen molar-refractivity contribution in [1.82, 2.24) is 0 Å². The summed E-state index contributed by atoms with van der Waals surface area (Å²) in [5.41, 5.74) is 1.42. The molecule has 104 valence electrons. The minimum atomic E-state index is -0.889. The molecule has 2 aromatic rings. The number of carboxylic acids is 1. The Morgan fingerprint density at radius 3 is 1.45 bits per heavy atom. The van der Waals surface area contributed by atoms with Crippen LogP contribution in [0.5, 0.6) is 11.5 Å². The summed E-state index contributed by atoms with van der Waals surface area (Å²) in [5, 5.41) is 9.47. The van der Waals surface area contributed by atoms with Crippen LogP contribution in [0, 0.1) is 0 Å². The van der Waals surface area contributed by atoms with Crippen molar-refractivity contribution in [1.29, 1.82) is 0 Å². The highest BCUT2D eigenvalue weighted by Gasteiger charge is 2.22. The van der Waals surface area contributed by atoms with Crippen LogP contribution in [-0.2, 0) is 4.79 Å². The second-order valence-electron chi connectivity index (χ2n) is 4.32. The van der Waals surface area contributed by atoms with E-state index in [9.17, 15) is 9.90 Å². The van der Waals surface area contributed by atoms with Crippen LogP contribution in [0.2, 0.25) is 0 Å². The Labute approximate surface area is 117 Å². The maximum absolute atomic E-state index is 11.5. The molecule has 20 heavy (non-hydrogen) atoms. The van der Waals surface area contributed by atoms with E-state index in [0.717, 1.165) is 0 Å². The van der Waals surface area contributed by atoms with Gasteiger partial charge < -0.3 is 14.6 Å². The monoisotopic (exact) mass is 272 g/mol. The van der Waals surface area contributed by atoms with Crippen LogP contribution < -0.4 is 9.47 Å². The molecule has 0 aromatic heterocycles. The Morgan fingerprint density at radius 2 is 1.20 bits per heavy atom. The zero-order valence-corrected chi connectivity index (χ0v) is 11.4. The van der Waals surface area contributed by atoms with Gasteiger partial charge in [-0.15, -0.1) is 0 Å². The fraction of sp³-hybridized carbons (Fsp3) is 0.188. The molecule has 0 unspecified atom stereocenters. The smallest absolute Gasteiger partial charge is 0.315 e. The van der Waals surface area contributed by atoms with Gasteiger partial charge in [-0.1, -0.05) is 24.3 Å². The summed E-state index contributed by atoms with van der Waals surface area (Å²) in [6.45, 7) is 0. The number of rotatable bonds is 5. The minimum absolute atomic E-state index is 0.701. The van der Waals surface area contributed by atoms with Gasteiger partial charge in [0.1, 0.15) is 17.4 Å². The molecule has 0 radical (unpaired) electrons. The summed E-state index contributed by atoms with van der Waals surface area (Å²) >= 11 is 0. The largest absolute Gasteiger partial charge is 0.497 e. The zero-order chi connectivity index (χ0) is 14.5. The molecule has 0 spiro atoms. The van der Waals surface area contributed by atoms with Crippen molar-refractivity contribution in [3.63, 3.8) is 0 Å². The van der Waals surface area contributed by atoms with Crippen LogP contribution in [0.4, 0.5) is 0 Å². The molecule has 0 fully saturated rings. The van der Waals surface area contributed by atoms with Crippen LogP contribution >= 0.6 is 0 Å². The first kappa shape index (κ1) is 13.9. The molecule has 1 N–H and O–H groups in total. The van der Waals surface area contributed by atoms with Gasteiger partial charge in [0, 0.05) is 0 Å². The number of hydrogen-bond acceptors (Lipinski definition) is 3. The van der Waals surface area contributed by atoms with Gasteiger partial charge in [-0.05, 0) is 35.4 Å². The molecular formula is C16H16O4. The number of benzene rings is 2. The fourth-order valence-corrected chi connectivity index (χ4v) is 2.07. The summed E-state index contributed by atoms with van der Waals surface area (Å²) in [7, 11) is 3.15. The van der Waals surface area contributed by atoms with E-state index in [-0.39, 0.29) is 0 Å². The van der Waals surface area contributed by atoms with E-state index >= 15 is 0 Å². The van der Waals surface area contributed by atoms with Crippen LogP contribution in [0.15, 0.2) is 48.5 Å². The first-order chi connectivity index (χ1) is 9.65. The Kier molecular flexibility index (Phi) is 4.25. The average molecular weight is 272 g/mol. The normalized spacial score (nSPS) is 10.3. The summed E-state index contributed by atoms with van der Waals surface area (Å²) < 4.78 is 10.2. The third-order valence-electron chi connectivity index (χ3n) is 3.15. The maximum atomic E-state index is 11.5. The molecule has 2 rings (SSSR count). The van der Waals surface area contributed by atoms with Crippen molar-refractivity contribution < 1.29 is 19.4 Å². The molecule has 0 heterocycles. The van der Waals surface area contributed by atoms with Gasteiger partial charge in [-0.25, -0.2) is 0 Å². The Balaban J connectivity index is 2.36. The lowest BCUT2D eigenvalue weighted by Gasteiger charge is -2.14. The fourth-order valence-electron chi connectivity index (χ4n) is 2.07. The SMILES string of the molecule is COc1ccc(C(C(=O)O)c2ccc(OC)cc2)cc1. The summed E-state index contributed by atoms with van der Waals surface area (Å²) in [4.78, 5) is 11.5. The zero-order valence-electron chi connectivity index (χ0n) is 11.4. The Hall–Kier alpha value is -2.49. The van der Waals surface area contributed by atoms with Crippen molar-refractivity contribution in [3.05, 3.63) is 59.7 Å². The van der Waals surface area contributed by atoms with Crippen molar-refractivity contribution in [2.75, 3.05) is 14.2 Å². The van der Waals surface area contributed by atoms with Gasteiger partial charge in [0.25, 0.3) is 0 Å². The molecule has 0 atom stereocenters. The van der Waals surface area contributed by atoms with Gasteiger partial charge in [0.05, 0.1) is 14.2 Å². The number of methoxy groups -OCH3 is 2. The number of carboxylic acid groups (broad SMARTS) is 1. The molecule has 4 heteroatoms. The van der Waals surface area contributed by atoms with Gasteiger partial charge >= 0.3 is 5.97 Å². The first-order valence-electron chi connectivity index (χ1n) is 6.16. The average Bonchev–Trinajstić information content (AvgIpc) is 2.48. The van der Waals surface area contributed by atoms with Crippen molar-refractivity contribution in [2.24, 2.45) is 0 Å². The predicted molar refractivity (Wildman–Crippen MR) is 75.5 cm³/mol. The van der Waals surface area contributed by atoms with Gasteiger partial charge in [0.15, 0.2) is 0 Å². The summed E-state index contributed by atoms with van der Waals surface area (Å²) in [6.07, 6.45) is 0. The molecule has 0 aliphatic rings. The van der Waals surface area contributed by atoms with E-state index < -0.39 is 11.9 Å². The van der Waals surface area contributed by atoms with E-state index in [0.29, 0.717) is 22.6 Å². The summed E-state index contributed by atoms with van der Waals surface area (Å²) in [5.74, 6) is -0.188. The molecular weight excluding hydrogens is 256 g/mol. The lowest BCUT2D eigenvalue weighted by molar-refractivity contribution is -0.137. The third kappa shape index (κ3) is 2.91. The quantitative estimate of drug-likeness (QED) is 0.909. The van der Waals surface area contributed by atoms with Crippen molar-refractivity contribution in [2.45, 2.75) is 5.92 Å². The van der Waals surface area contributed by atoms with Gasteiger partial charge in [0.2, 0.25) is 0 Å². The molecule has 0 aliphatic carbocycles. The van der Waals surface area contributed by atoms with Crippen LogP contribution in [0.25, 0.3) is 0 Å². The van der Waals surface area contributed by atoms with E-state index in [1.54, 1.807) is 62.8 Å². The van der Waals surface area contributed by atoms with Crippen LogP contribution in [-0.4, -0.2) is 25.3 Å². The molecule has 0 aliphatic heterocycles. The van der Waals surface area contributed by atoms with Crippen molar-refractivity contribution >= 4 is 5.97 Å². The van der Waals surface area contributed by atoms with Gasteiger partial charge in [-0.2, -0.15) is 0 Å². The van der Waals surface area contributed by atoms with E-state index in [1.807, 2.05) is 0 Å². The second-order valence-corrected chi connectivity index (χ2v) is 4.32. The minimum Gasteiger partial charge on any atom is -0.497 e. The van der Waals surface area contributed by atoms with Gasteiger partial charge in [-0.3, -0.25) is 4.79 Å². The molecule has 4 nitrogen and oxygen atoms in total. The van der Waals surface area contributed by atoms with E-state index in [4.69, 9.17) is 9.47 Å². The van der Waals surface area contributed by atoms with Crippen LogP contribution in [0.3, 0.4) is 0 Å². The van der Waals surface area contributed by atoms with E-state index in [1.165, 1.54) is 0 Å². The van der Waals surface area contributed by atoms with E-state index in [2.05, 4.69) is 0 Å². The number of hydrogen-bond donors (Lipinski definition) is 1. The summed E-state index contributed by atoms with van der Waals surface area (Å²) in [6, 6.07) is 14.1. The topological polar surface area (TPSA) is 55.8 Å². The molecule has 0 amide bonds. The highest BCUT2D eigenvalue weighted by Crippen LogP contribution is 2.28. The van der Waals surface area contributed by atoms with Crippen LogP contribution in [0.1, 0.15) is 17.0 Å². The third-order valence-corrected chi connectivity index (χ3v) is 3.15. The number of aliphatic carboxylic acids is 1. The Bertz CT molecular complexity index is 525. The van der Waals surface area contributed by atoms with Crippen molar-refractivity contribution in [3.8, 4) is 11.5 Å². The second kappa shape index (κ2) is 6.10. The highest BCUT2D eigenvalue weighted by molar-refractivity contribution is 5.80. The first-order valence-corrected chi connectivity index (χ1v) is 6.16. The maximum Gasteiger partial charge on any atom is 0.315 e. The molecule has 0 saturated carbocycles. The molecule has 0 bridgehead atoms. The predicted octanol–water partition coefficient (Wildman–Crippen LogP) is 2.92. The number of carbonyl (C=O) groups is 1. The lowest BCUT2D eigenvalue weighted by Crippen LogP contribution is -2.13. The number of ether oxygens (including phenoxy) is 2. The lowest BCUT2D eigenvalue weighted by atomic mass is 9.91.